The van der Waals surface area contributed by atoms with E-state index in [1.807, 2.05) is 6.92 Å². The normalized spacial score (nSPS) is 14.9. The van der Waals surface area contributed by atoms with Gasteiger partial charge in [-0.15, -0.1) is 0 Å². The molecule has 0 spiro atoms. The molecule has 0 fully saturated rings. The van der Waals surface area contributed by atoms with E-state index in [4.69, 9.17) is 0 Å². The predicted molar refractivity (Wildman–Crippen MR) is 77.4 cm³/mol. The second-order valence-electron chi connectivity index (χ2n) is 5.28. The summed E-state index contributed by atoms with van der Waals surface area (Å²) in [6.45, 7) is 2.98. The maximum absolute atomic E-state index is 13.3. The van der Waals surface area contributed by atoms with Gasteiger partial charge in [0.05, 0.1) is 5.69 Å². The van der Waals surface area contributed by atoms with E-state index < -0.39 is 24.0 Å². The summed E-state index contributed by atoms with van der Waals surface area (Å²) in [7, 11) is 1.42. The minimum Gasteiger partial charge on any atom is -0.374 e. The summed E-state index contributed by atoms with van der Waals surface area (Å²) in [6, 6.07) is 1.80. The van der Waals surface area contributed by atoms with Gasteiger partial charge in [-0.1, -0.05) is 0 Å². The van der Waals surface area contributed by atoms with Crippen LogP contribution >= 0.6 is 0 Å². The van der Waals surface area contributed by atoms with E-state index in [2.05, 4.69) is 15.4 Å². The minimum absolute atomic E-state index is 0.0161. The molecule has 2 rings (SSSR count). The lowest BCUT2D eigenvalue weighted by molar-refractivity contribution is -0.272. The van der Waals surface area contributed by atoms with E-state index in [0.717, 1.165) is 5.69 Å². The highest BCUT2D eigenvalue weighted by Gasteiger charge is 2.56. The molecule has 0 radical (unpaired) electrons. The topological polar surface area (TPSA) is 67.9 Å². The van der Waals surface area contributed by atoms with Gasteiger partial charge in [0.25, 0.3) is 0 Å². The average Bonchev–Trinajstić information content (AvgIpc) is 3.10. The zero-order valence-electron chi connectivity index (χ0n) is 13.0. The van der Waals surface area contributed by atoms with Gasteiger partial charge < -0.3 is 15.0 Å². The quantitative estimate of drug-likeness (QED) is 0.756. The molecule has 0 amide bonds. The molecule has 2 heterocycles. The molecule has 23 heavy (non-hydrogen) atoms. The van der Waals surface area contributed by atoms with Crippen LogP contribution in [0.5, 0.6) is 0 Å². The first-order valence-corrected chi connectivity index (χ1v) is 7.28. The number of aliphatic hydroxyl groups is 1. The summed E-state index contributed by atoms with van der Waals surface area (Å²) in [6.07, 6.45) is -1.08. The zero-order chi connectivity index (χ0) is 17.1. The number of halogens is 3. The van der Waals surface area contributed by atoms with E-state index >= 15 is 0 Å². The Labute approximate surface area is 131 Å². The van der Waals surface area contributed by atoms with Gasteiger partial charge in [-0.2, -0.15) is 18.3 Å². The highest BCUT2D eigenvalue weighted by Crippen LogP contribution is 2.40. The fourth-order valence-electron chi connectivity index (χ4n) is 2.43. The SMILES string of the molecule is CCn1nccc1CNCCC(O)(c1nccn1C)C(F)(F)F. The molecule has 0 aromatic carbocycles. The molecule has 2 N–H and O–H groups in total. The predicted octanol–water partition coefficient (Wildman–Crippen LogP) is 1.57. The van der Waals surface area contributed by atoms with Gasteiger partial charge in [0.1, 0.15) is 5.82 Å². The minimum atomic E-state index is -4.81. The standard InChI is InChI=1S/C14H20F3N5O/c1-3-22-11(4-6-20-22)10-18-7-5-13(23,14(15,16)17)12-19-8-9-21(12)2/h4,6,8-9,18,23H,3,5,7,10H2,1-2H3. The molecular formula is C14H20F3N5O. The molecule has 1 unspecified atom stereocenters. The van der Waals surface area contributed by atoms with Crippen LogP contribution in [0, 0.1) is 0 Å². The second kappa shape index (κ2) is 6.71. The maximum Gasteiger partial charge on any atom is 0.424 e. The summed E-state index contributed by atoms with van der Waals surface area (Å²) < 4.78 is 42.9. The fraction of sp³-hybridized carbons (Fsp3) is 0.571. The van der Waals surface area contributed by atoms with Crippen molar-refractivity contribution in [3.05, 3.63) is 36.2 Å². The van der Waals surface area contributed by atoms with E-state index in [0.29, 0.717) is 13.1 Å². The van der Waals surface area contributed by atoms with Gasteiger partial charge >= 0.3 is 6.18 Å². The molecule has 0 aliphatic heterocycles. The smallest absolute Gasteiger partial charge is 0.374 e. The molecular weight excluding hydrogens is 311 g/mol. The highest BCUT2D eigenvalue weighted by molar-refractivity contribution is 5.08. The third kappa shape index (κ3) is 3.56. The van der Waals surface area contributed by atoms with Gasteiger partial charge in [0.2, 0.25) is 5.60 Å². The molecule has 9 heteroatoms. The molecule has 0 aliphatic carbocycles. The number of nitrogens with zero attached hydrogens (tertiary/aromatic N) is 4. The lowest BCUT2D eigenvalue weighted by Gasteiger charge is -2.30. The first kappa shape index (κ1) is 17.5. The zero-order valence-corrected chi connectivity index (χ0v) is 13.0. The summed E-state index contributed by atoms with van der Waals surface area (Å²) >= 11 is 0. The Hall–Kier alpha value is -1.87. The van der Waals surface area contributed by atoms with Crippen LogP contribution in [0.3, 0.4) is 0 Å². The van der Waals surface area contributed by atoms with Crippen LogP contribution in [0.4, 0.5) is 13.2 Å². The van der Waals surface area contributed by atoms with E-state index in [9.17, 15) is 18.3 Å². The number of aryl methyl sites for hydroxylation is 2. The van der Waals surface area contributed by atoms with Crippen LogP contribution in [0.1, 0.15) is 24.9 Å². The van der Waals surface area contributed by atoms with E-state index in [-0.39, 0.29) is 6.54 Å². The first-order chi connectivity index (χ1) is 10.8. The van der Waals surface area contributed by atoms with Crippen molar-refractivity contribution < 1.29 is 18.3 Å². The van der Waals surface area contributed by atoms with Crippen molar-refractivity contribution >= 4 is 0 Å². The number of alkyl halides is 3. The summed E-state index contributed by atoms with van der Waals surface area (Å²) in [4.78, 5) is 3.66. The van der Waals surface area contributed by atoms with E-state index in [1.54, 1.807) is 16.9 Å². The lowest BCUT2D eigenvalue weighted by Crippen LogP contribution is -2.46. The van der Waals surface area contributed by atoms with Gasteiger partial charge in [-0.05, 0) is 19.5 Å². The van der Waals surface area contributed by atoms with Crippen molar-refractivity contribution in [2.75, 3.05) is 6.54 Å². The van der Waals surface area contributed by atoms with Crippen molar-refractivity contribution in [3.8, 4) is 0 Å². The van der Waals surface area contributed by atoms with Crippen LogP contribution in [0.2, 0.25) is 0 Å². The number of hydrogen-bond acceptors (Lipinski definition) is 4. The van der Waals surface area contributed by atoms with Crippen LogP contribution in [-0.4, -0.2) is 37.2 Å². The average molecular weight is 331 g/mol. The van der Waals surface area contributed by atoms with Crippen molar-refractivity contribution in [2.24, 2.45) is 7.05 Å². The summed E-state index contributed by atoms with van der Waals surface area (Å²) in [5.74, 6) is -0.412. The van der Waals surface area contributed by atoms with Crippen LogP contribution in [0.25, 0.3) is 0 Å². The van der Waals surface area contributed by atoms with Crippen molar-refractivity contribution in [1.29, 1.82) is 0 Å². The Bertz CT molecular complexity index is 636. The molecule has 0 bridgehead atoms. The van der Waals surface area contributed by atoms with Crippen LogP contribution in [-0.2, 0) is 25.7 Å². The van der Waals surface area contributed by atoms with Crippen molar-refractivity contribution in [3.63, 3.8) is 0 Å². The molecule has 2 aromatic heterocycles. The Morgan fingerprint density at radius 1 is 1.30 bits per heavy atom. The number of aromatic nitrogens is 4. The van der Waals surface area contributed by atoms with Gasteiger partial charge in [-0.25, -0.2) is 4.98 Å². The van der Waals surface area contributed by atoms with Crippen molar-refractivity contribution in [1.82, 2.24) is 24.6 Å². The maximum atomic E-state index is 13.3. The number of imidazole rings is 1. The second-order valence-corrected chi connectivity index (χ2v) is 5.28. The number of nitrogens with one attached hydrogen (secondary N) is 1. The molecule has 0 saturated carbocycles. The highest BCUT2D eigenvalue weighted by atomic mass is 19.4. The third-order valence-corrected chi connectivity index (χ3v) is 3.73. The summed E-state index contributed by atoms with van der Waals surface area (Å²) in [5, 5.41) is 17.2. The molecule has 2 aromatic rings. The van der Waals surface area contributed by atoms with Crippen LogP contribution in [0.15, 0.2) is 24.7 Å². The molecule has 6 nitrogen and oxygen atoms in total. The van der Waals surface area contributed by atoms with Crippen molar-refractivity contribution in [2.45, 2.75) is 38.2 Å². The Morgan fingerprint density at radius 3 is 2.61 bits per heavy atom. The van der Waals surface area contributed by atoms with Crippen LogP contribution < -0.4 is 5.32 Å². The monoisotopic (exact) mass is 331 g/mol. The molecule has 0 aliphatic rings. The molecule has 0 saturated heterocycles. The Balaban J connectivity index is 2.02. The third-order valence-electron chi connectivity index (χ3n) is 3.73. The number of hydrogen-bond donors (Lipinski definition) is 2. The summed E-state index contributed by atoms with van der Waals surface area (Å²) in [5.41, 5.74) is -2.11. The van der Waals surface area contributed by atoms with Gasteiger partial charge in [-0.3, -0.25) is 4.68 Å². The van der Waals surface area contributed by atoms with Gasteiger partial charge in [0, 0.05) is 45.1 Å². The first-order valence-electron chi connectivity index (χ1n) is 7.28. The van der Waals surface area contributed by atoms with E-state index in [1.165, 1.54) is 24.0 Å². The Kier molecular flexibility index (Phi) is 5.10. The largest absolute Gasteiger partial charge is 0.424 e. The Morgan fingerprint density at radius 2 is 2.04 bits per heavy atom. The van der Waals surface area contributed by atoms with Gasteiger partial charge in [0.15, 0.2) is 0 Å². The molecule has 128 valence electrons. The lowest BCUT2D eigenvalue weighted by atomic mass is 9.97. The molecule has 1 atom stereocenters. The number of rotatable bonds is 7. The fourth-order valence-corrected chi connectivity index (χ4v) is 2.43.